The minimum Gasteiger partial charge on any atom is -0.505 e. The van der Waals surface area contributed by atoms with E-state index in [0.29, 0.717) is 45.4 Å². The molecule has 0 radical (unpaired) electrons. The smallest absolute Gasteiger partial charge is 0.301 e. The van der Waals surface area contributed by atoms with Crippen LogP contribution in [-0.4, -0.2) is 59.6 Å². The van der Waals surface area contributed by atoms with Crippen molar-refractivity contribution in [1.82, 2.24) is 14.4 Å². The maximum absolute atomic E-state index is 13.9. The number of nitrogens with zero attached hydrogens (tertiary/aromatic N) is 4. The number of aliphatic hydroxyl groups excluding tert-OH is 1. The molecule has 1 unspecified atom stereocenters. The van der Waals surface area contributed by atoms with E-state index in [1.165, 1.54) is 37.6 Å². The maximum Gasteiger partial charge on any atom is 0.301 e. The summed E-state index contributed by atoms with van der Waals surface area (Å²) in [7, 11) is 5.99. The van der Waals surface area contributed by atoms with E-state index in [4.69, 9.17) is 18.9 Å². The van der Waals surface area contributed by atoms with Gasteiger partial charge in [-0.2, -0.15) is 0 Å². The number of aromatic nitrogens is 3. The fraction of sp³-hybridized carbons (Fsp3) is 0.226. The molecular formula is C31H28N4O7S. The van der Waals surface area contributed by atoms with Crippen molar-refractivity contribution in [2.45, 2.75) is 19.9 Å². The van der Waals surface area contributed by atoms with Crippen LogP contribution in [0, 0.1) is 13.8 Å². The van der Waals surface area contributed by atoms with Gasteiger partial charge in [0.25, 0.3) is 5.78 Å². The van der Waals surface area contributed by atoms with Gasteiger partial charge in [0.15, 0.2) is 22.4 Å². The Morgan fingerprint density at radius 2 is 1.65 bits per heavy atom. The molecule has 1 amide bonds. The van der Waals surface area contributed by atoms with Crippen molar-refractivity contribution in [2.75, 3.05) is 33.3 Å². The number of Topliss-reactive ketones (excluding diaryl/α,β-unsaturated/α-hetero) is 1. The third-order valence-corrected chi connectivity index (χ3v) is 8.56. The van der Waals surface area contributed by atoms with Gasteiger partial charge in [0.2, 0.25) is 5.75 Å². The van der Waals surface area contributed by atoms with E-state index in [1.807, 2.05) is 35.7 Å². The summed E-state index contributed by atoms with van der Waals surface area (Å²) in [6.45, 7) is 3.70. The number of hydrogen-bond donors (Lipinski definition) is 1. The van der Waals surface area contributed by atoms with Crippen LogP contribution < -0.4 is 23.8 Å². The van der Waals surface area contributed by atoms with Crippen LogP contribution in [0.2, 0.25) is 0 Å². The number of ether oxygens (including phenoxy) is 4. The van der Waals surface area contributed by atoms with Gasteiger partial charge in [0.05, 0.1) is 56.0 Å². The number of ketones is 1. The van der Waals surface area contributed by atoms with Crippen LogP contribution in [0.3, 0.4) is 0 Å². The zero-order chi connectivity index (χ0) is 30.6. The number of hydrogen-bond acceptors (Lipinski definition) is 10. The summed E-state index contributed by atoms with van der Waals surface area (Å²) in [5.41, 5.74) is 3.23. The lowest BCUT2D eigenvalue weighted by molar-refractivity contribution is -0.132. The summed E-state index contributed by atoms with van der Waals surface area (Å²) >= 11 is 1.22. The number of carbonyl (C=O) groups excluding carboxylic acids is 2. The Bertz CT molecular complexity index is 1950. The molecule has 2 aromatic carbocycles. The predicted octanol–water partition coefficient (Wildman–Crippen LogP) is 5.22. The Labute approximate surface area is 250 Å². The number of carbonyl (C=O) groups is 2. The van der Waals surface area contributed by atoms with Gasteiger partial charge in [-0.3, -0.25) is 14.5 Å². The van der Waals surface area contributed by atoms with E-state index in [9.17, 15) is 14.7 Å². The minimum atomic E-state index is -1.10. The summed E-state index contributed by atoms with van der Waals surface area (Å²) in [6.07, 6.45) is 1.83. The van der Waals surface area contributed by atoms with Crippen LogP contribution in [0.1, 0.15) is 28.6 Å². The quantitative estimate of drug-likeness (QED) is 0.152. The predicted molar refractivity (Wildman–Crippen MR) is 162 cm³/mol. The number of aliphatic hydroxyl groups is 1. The third-order valence-electron chi connectivity index (χ3n) is 7.55. The number of fused-ring (bicyclic) bond motifs is 2. The first-order valence-corrected chi connectivity index (χ1v) is 14.0. The van der Waals surface area contributed by atoms with Crippen molar-refractivity contribution >= 4 is 49.8 Å². The standard InChI is InChI=1S/C31H28N4O7S/c1-15-8-7-11-34-16(2)24(33-29(15)34)26(36)23-25(17-12-20(40-4)28(42-6)21(13-17)41-5)35(30(38)27(23)37)31-32-19-10-9-18(39-3)14-22(19)43-31/h7-14,25,36H,1-6H3/b26-23+. The Balaban J connectivity index is 1.63. The molecule has 1 fully saturated rings. The fourth-order valence-electron chi connectivity index (χ4n) is 5.40. The molecule has 3 aromatic heterocycles. The summed E-state index contributed by atoms with van der Waals surface area (Å²) in [5.74, 6) is -0.520. The highest BCUT2D eigenvalue weighted by Crippen LogP contribution is 2.48. The summed E-state index contributed by atoms with van der Waals surface area (Å²) in [6, 6.07) is 11.3. The van der Waals surface area contributed by atoms with Crippen molar-refractivity contribution in [1.29, 1.82) is 0 Å². The van der Waals surface area contributed by atoms with Crippen LogP contribution in [-0.2, 0) is 9.59 Å². The molecule has 4 heterocycles. The Kier molecular flexibility index (Phi) is 6.93. The molecule has 220 valence electrons. The molecule has 6 rings (SSSR count). The lowest BCUT2D eigenvalue weighted by Crippen LogP contribution is -2.29. The second kappa shape index (κ2) is 10.6. The van der Waals surface area contributed by atoms with E-state index < -0.39 is 23.5 Å². The number of aryl methyl sites for hydroxylation is 2. The summed E-state index contributed by atoms with van der Waals surface area (Å²) < 4.78 is 24.6. The maximum atomic E-state index is 13.9. The Morgan fingerprint density at radius 3 is 2.28 bits per heavy atom. The lowest BCUT2D eigenvalue weighted by atomic mass is 9.95. The Hall–Kier alpha value is -5.10. The number of benzene rings is 2. The van der Waals surface area contributed by atoms with Gasteiger partial charge in [-0.15, -0.1) is 0 Å². The molecule has 0 spiro atoms. The molecule has 1 saturated heterocycles. The molecule has 0 bridgehead atoms. The molecule has 1 N–H and O–H groups in total. The van der Waals surface area contributed by atoms with E-state index in [1.54, 1.807) is 38.3 Å². The van der Waals surface area contributed by atoms with Crippen LogP contribution in [0.15, 0.2) is 54.2 Å². The number of anilines is 1. The van der Waals surface area contributed by atoms with Gasteiger partial charge in [-0.25, -0.2) is 9.97 Å². The minimum absolute atomic E-state index is 0.139. The summed E-state index contributed by atoms with van der Waals surface area (Å²) in [5, 5.41) is 12.1. The molecule has 1 aliphatic heterocycles. The monoisotopic (exact) mass is 600 g/mol. The number of thiazole rings is 1. The zero-order valence-electron chi connectivity index (χ0n) is 24.3. The van der Waals surface area contributed by atoms with Gasteiger partial charge < -0.3 is 28.5 Å². The molecule has 0 aliphatic carbocycles. The second-order valence-corrected chi connectivity index (χ2v) is 10.9. The van der Waals surface area contributed by atoms with Crippen LogP contribution in [0.4, 0.5) is 5.13 Å². The largest absolute Gasteiger partial charge is 0.505 e. The van der Waals surface area contributed by atoms with E-state index in [2.05, 4.69) is 9.97 Å². The van der Waals surface area contributed by atoms with Gasteiger partial charge in [-0.1, -0.05) is 17.4 Å². The van der Waals surface area contributed by atoms with Crippen molar-refractivity contribution < 1.29 is 33.6 Å². The first kappa shape index (κ1) is 28.0. The highest BCUT2D eigenvalue weighted by atomic mass is 32.1. The third kappa shape index (κ3) is 4.33. The van der Waals surface area contributed by atoms with Gasteiger partial charge in [0.1, 0.15) is 17.1 Å². The Morgan fingerprint density at radius 1 is 0.930 bits per heavy atom. The number of pyridine rings is 1. The fourth-order valence-corrected chi connectivity index (χ4v) is 6.42. The van der Waals surface area contributed by atoms with Crippen LogP contribution in [0.5, 0.6) is 23.0 Å². The average Bonchev–Trinajstić information content (AvgIpc) is 3.67. The van der Waals surface area contributed by atoms with Gasteiger partial charge in [0, 0.05) is 6.20 Å². The highest BCUT2D eigenvalue weighted by molar-refractivity contribution is 7.22. The molecular weight excluding hydrogens is 572 g/mol. The first-order chi connectivity index (χ1) is 20.7. The number of amides is 1. The number of methoxy groups -OCH3 is 4. The van der Waals surface area contributed by atoms with Crippen LogP contribution >= 0.6 is 11.3 Å². The number of imidazole rings is 1. The van der Waals surface area contributed by atoms with E-state index in [-0.39, 0.29) is 16.4 Å². The van der Waals surface area contributed by atoms with Crippen molar-refractivity contribution in [3.63, 3.8) is 0 Å². The van der Waals surface area contributed by atoms with E-state index >= 15 is 0 Å². The molecule has 12 heteroatoms. The molecule has 1 aliphatic rings. The molecule has 11 nitrogen and oxygen atoms in total. The molecule has 5 aromatic rings. The van der Waals surface area contributed by atoms with E-state index in [0.717, 1.165) is 10.3 Å². The van der Waals surface area contributed by atoms with Crippen LogP contribution in [0.25, 0.3) is 21.6 Å². The molecule has 43 heavy (non-hydrogen) atoms. The molecule has 1 atom stereocenters. The number of rotatable bonds is 7. The van der Waals surface area contributed by atoms with Crippen molar-refractivity contribution in [2.24, 2.45) is 0 Å². The second-order valence-electron chi connectivity index (χ2n) is 9.89. The zero-order valence-corrected chi connectivity index (χ0v) is 25.1. The SMILES string of the molecule is COc1ccc2nc(N3C(=O)C(=O)/C(=C(/O)c4nc5c(C)cccn5c4C)C3c3cc(OC)c(OC)c(OC)c3)sc2c1. The summed E-state index contributed by atoms with van der Waals surface area (Å²) in [4.78, 5) is 38.3. The highest BCUT2D eigenvalue weighted by Gasteiger charge is 2.49. The molecule has 0 saturated carbocycles. The average molecular weight is 601 g/mol. The lowest BCUT2D eigenvalue weighted by Gasteiger charge is -2.24. The first-order valence-electron chi connectivity index (χ1n) is 13.2. The van der Waals surface area contributed by atoms with Crippen molar-refractivity contribution in [3.8, 4) is 23.0 Å². The normalized spacial score (nSPS) is 16.3. The van der Waals surface area contributed by atoms with Crippen molar-refractivity contribution in [3.05, 3.63) is 76.7 Å². The van der Waals surface area contributed by atoms with Gasteiger partial charge in [-0.05, 0) is 61.4 Å². The van der Waals surface area contributed by atoms with Gasteiger partial charge >= 0.3 is 5.91 Å². The topological polar surface area (TPSA) is 125 Å².